The van der Waals surface area contributed by atoms with E-state index in [0.717, 1.165) is 5.71 Å². The highest BCUT2D eigenvalue weighted by atomic mass is 16.6. The van der Waals surface area contributed by atoms with E-state index in [4.69, 9.17) is 15.0 Å². The van der Waals surface area contributed by atoms with Gasteiger partial charge in [-0.1, -0.05) is 53.7 Å². The molecule has 1 heterocycles. The van der Waals surface area contributed by atoms with Gasteiger partial charge >= 0.3 is 0 Å². The minimum atomic E-state index is 0.160. The van der Waals surface area contributed by atoms with Gasteiger partial charge in [0.2, 0.25) is 0 Å². The second-order valence-electron chi connectivity index (χ2n) is 6.20. The van der Waals surface area contributed by atoms with E-state index in [1.165, 1.54) is 22.3 Å². The third-order valence-electron chi connectivity index (χ3n) is 4.00. The van der Waals surface area contributed by atoms with Gasteiger partial charge in [0.1, 0.15) is 6.61 Å². The Labute approximate surface area is 148 Å². The highest BCUT2D eigenvalue weighted by Crippen LogP contribution is 2.32. The molecule has 0 aromatic heterocycles. The van der Waals surface area contributed by atoms with E-state index in [0.29, 0.717) is 26.3 Å². The second-order valence-corrected chi connectivity index (χ2v) is 6.20. The van der Waals surface area contributed by atoms with E-state index in [9.17, 15) is 0 Å². The molecule has 3 rings (SSSR count). The molecule has 0 atom stereocenters. The van der Waals surface area contributed by atoms with Crippen LogP contribution in [0.2, 0.25) is 0 Å². The molecule has 1 N–H and O–H groups in total. The van der Waals surface area contributed by atoms with Crippen molar-refractivity contribution in [2.75, 3.05) is 13.2 Å². The minimum Gasteiger partial charge on any atom is -0.462 e. The van der Waals surface area contributed by atoms with Crippen LogP contribution in [0.15, 0.2) is 53.7 Å². The lowest BCUT2D eigenvalue weighted by Gasteiger charge is -2.23. The van der Waals surface area contributed by atoms with Gasteiger partial charge in [-0.2, -0.15) is 0 Å². The third kappa shape index (κ3) is 4.18. The van der Waals surface area contributed by atoms with Crippen LogP contribution in [-0.4, -0.2) is 29.8 Å². The van der Waals surface area contributed by atoms with E-state index in [2.05, 4.69) is 41.6 Å². The number of fused-ring (bicyclic) bond motifs is 3. The first kappa shape index (κ1) is 17.0. The summed E-state index contributed by atoms with van der Waals surface area (Å²) in [4.78, 5) is 7.06. The van der Waals surface area contributed by atoms with E-state index in [1.807, 2.05) is 30.9 Å². The lowest BCUT2D eigenvalue weighted by molar-refractivity contribution is 0.0916. The Kier molecular flexibility index (Phi) is 5.33. The number of nitrogens with zero attached hydrogens (tertiary/aromatic N) is 2. The Bertz CT molecular complexity index is 735. The maximum absolute atomic E-state index is 8.30. The van der Waals surface area contributed by atoms with Gasteiger partial charge < -0.3 is 14.5 Å². The molecule has 0 fully saturated rings. The lowest BCUT2D eigenvalue weighted by atomic mass is 9.97. The van der Waals surface area contributed by atoms with Crippen LogP contribution in [0.5, 0.6) is 0 Å². The fraction of sp³-hybridized carbons (Fsp3) is 0.300. The molecule has 0 radical (unpaired) electrons. The van der Waals surface area contributed by atoms with Gasteiger partial charge in [-0.15, -0.1) is 0 Å². The summed E-state index contributed by atoms with van der Waals surface area (Å²) in [6, 6.07) is 16.8. The first-order chi connectivity index (χ1) is 12.1. The van der Waals surface area contributed by atoms with E-state index in [-0.39, 0.29) is 6.02 Å². The van der Waals surface area contributed by atoms with Gasteiger partial charge in [0.05, 0.1) is 5.71 Å². The summed E-state index contributed by atoms with van der Waals surface area (Å²) < 4.78 is 5.56. The number of rotatable bonds is 4. The summed E-state index contributed by atoms with van der Waals surface area (Å²) in [5, 5.41) is 12.2. The van der Waals surface area contributed by atoms with E-state index >= 15 is 0 Å². The molecule has 0 bridgehead atoms. The smallest absolute Gasteiger partial charge is 0.285 e. The fourth-order valence-corrected chi connectivity index (χ4v) is 2.89. The Balaban J connectivity index is 1.72. The zero-order valence-electron chi connectivity index (χ0n) is 14.7. The van der Waals surface area contributed by atoms with Crippen LogP contribution in [0.1, 0.15) is 25.0 Å². The summed E-state index contributed by atoms with van der Waals surface area (Å²) in [7, 11) is 0. The maximum atomic E-state index is 8.30. The first-order valence-corrected chi connectivity index (χ1v) is 8.41. The highest BCUT2D eigenvalue weighted by Gasteiger charge is 2.21. The third-order valence-corrected chi connectivity index (χ3v) is 4.00. The van der Waals surface area contributed by atoms with Crippen molar-refractivity contribution in [1.29, 1.82) is 5.41 Å². The average molecular weight is 337 g/mol. The van der Waals surface area contributed by atoms with Crippen LogP contribution in [0, 0.1) is 5.41 Å². The van der Waals surface area contributed by atoms with Gasteiger partial charge in [0.25, 0.3) is 6.02 Å². The predicted molar refractivity (Wildman–Crippen MR) is 99.5 cm³/mol. The van der Waals surface area contributed by atoms with Crippen LogP contribution in [0.3, 0.4) is 0 Å². The van der Waals surface area contributed by atoms with Gasteiger partial charge in [-0.25, -0.2) is 0 Å². The summed E-state index contributed by atoms with van der Waals surface area (Å²) in [6.45, 7) is 5.67. The van der Waals surface area contributed by atoms with Crippen molar-refractivity contribution in [3.8, 4) is 11.1 Å². The number of ether oxygens (including phenoxy) is 1. The van der Waals surface area contributed by atoms with Crippen LogP contribution in [0.25, 0.3) is 11.1 Å². The quantitative estimate of drug-likeness (QED) is 0.396. The molecule has 1 aliphatic rings. The standard InChI is InChI=1S/C20H23N3O2/c1-15(2)22-25-12-11-24-20(21)23-13-16-7-3-5-9-18(16)19-10-6-4-8-17(19)14-23/h3-10,21H,11-14H2,1-2H3. The number of hydrogen-bond acceptors (Lipinski definition) is 4. The number of amidine groups is 1. The highest BCUT2D eigenvalue weighted by molar-refractivity contribution is 5.78. The summed E-state index contributed by atoms with van der Waals surface area (Å²) in [5.41, 5.74) is 5.70. The topological polar surface area (TPSA) is 57.9 Å². The monoisotopic (exact) mass is 337 g/mol. The van der Waals surface area contributed by atoms with E-state index < -0.39 is 0 Å². The SMILES string of the molecule is CC(C)=NOCCOC(=N)N1Cc2ccccc2-c2ccccc2C1. The Morgan fingerprint density at radius 1 is 0.960 bits per heavy atom. The maximum Gasteiger partial charge on any atom is 0.285 e. The summed E-state index contributed by atoms with van der Waals surface area (Å²) in [5.74, 6) is 0. The number of benzene rings is 2. The number of oxime groups is 1. The summed E-state index contributed by atoms with van der Waals surface area (Å²) >= 11 is 0. The fourth-order valence-electron chi connectivity index (χ4n) is 2.89. The van der Waals surface area contributed by atoms with Crippen molar-refractivity contribution in [2.45, 2.75) is 26.9 Å². The molecule has 0 amide bonds. The lowest BCUT2D eigenvalue weighted by Crippen LogP contribution is -2.31. The minimum absolute atomic E-state index is 0.160. The van der Waals surface area contributed by atoms with Gasteiger partial charge in [0, 0.05) is 13.1 Å². The van der Waals surface area contributed by atoms with Gasteiger partial charge in [0.15, 0.2) is 6.61 Å². The molecule has 2 aromatic carbocycles. The Morgan fingerprint density at radius 3 is 2.08 bits per heavy atom. The zero-order valence-corrected chi connectivity index (χ0v) is 14.7. The molecule has 5 nitrogen and oxygen atoms in total. The van der Waals surface area contributed by atoms with Gasteiger partial charge in [-0.05, 0) is 36.1 Å². The molecule has 2 aromatic rings. The van der Waals surface area contributed by atoms with Crippen LogP contribution in [0.4, 0.5) is 0 Å². The molecule has 0 spiro atoms. The molecule has 0 saturated heterocycles. The molecular weight excluding hydrogens is 314 g/mol. The molecule has 130 valence electrons. The molecular formula is C20H23N3O2. The van der Waals surface area contributed by atoms with E-state index in [1.54, 1.807) is 0 Å². The zero-order chi connectivity index (χ0) is 17.6. The van der Waals surface area contributed by atoms with Crippen LogP contribution < -0.4 is 0 Å². The van der Waals surface area contributed by atoms with Gasteiger partial charge in [-0.3, -0.25) is 5.41 Å². The molecule has 5 heteroatoms. The second kappa shape index (κ2) is 7.83. The Hall–Kier alpha value is -2.82. The number of nitrogens with one attached hydrogen (secondary N) is 1. The Morgan fingerprint density at radius 2 is 1.52 bits per heavy atom. The van der Waals surface area contributed by atoms with Crippen molar-refractivity contribution in [2.24, 2.45) is 5.16 Å². The number of hydrogen-bond donors (Lipinski definition) is 1. The van der Waals surface area contributed by atoms with Crippen LogP contribution >= 0.6 is 0 Å². The first-order valence-electron chi connectivity index (χ1n) is 8.41. The normalized spacial score (nSPS) is 12.5. The molecule has 25 heavy (non-hydrogen) atoms. The molecule has 1 aliphatic heterocycles. The average Bonchev–Trinajstić information content (AvgIpc) is 2.78. The molecule has 0 unspecified atom stereocenters. The summed E-state index contributed by atoms with van der Waals surface area (Å²) in [6.07, 6.45) is 0. The van der Waals surface area contributed by atoms with Crippen molar-refractivity contribution in [1.82, 2.24) is 4.90 Å². The van der Waals surface area contributed by atoms with Crippen molar-refractivity contribution in [3.63, 3.8) is 0 Å². The predicted octanol–water partition coefficient (Wildman–Crippen LogP) is 4.03. The van der Waals surface area contributed by atoms with Crippen molar-refractivity contribution < 1.29 is 9.57 Å². The largest absolute Gasteiger partial charge is 0.462 e. The molecule has 0 saturated carbocycles. The van der Waals surface area contributed by atoms with Crippen molar-refractivity contribution >= 4 is 11.7 Å². The van der Waals surface area contributed by atoms with Crippen molar-refractivity contribution in [3.05, 3.63) is 59.7 Å². The molecule has 0 aliphatic carbocycles. The van der Waals surface area contributed by atoms with Crippen LogP contribution in [-0.2, 0) is 22.7 Å².